The second-order valence-electron chi connectivity index (χ2n) is 4.22. The second-order valence-corrected chi connectivity index (χ2v) is 4.22. The molecule has 0 unspecified atom stereocenters. The highest BCUT2D eigenvalue weighted by molar-refractivity contribution is 6.10. The molecular formula is C13H15NO2. The van der Waals surface area contributed by atoms with Gasteiger partial charge in [0.05, 0.1) is 6.26 Å². The Hall–Kier alpha value is -1.77. The zero-order valence-corrected chi connectivity index (χ0v) is 9.53. The molecule has 0 saturated heterocycles. The predicted molar refractivity (Wildman–Crippen MR) is 64.1 cm³/mol. The van der Waals surface area contributed by atoms with Crippen molar-refractivity contribution >= 4 is 11.5 Å². The van der Waals surface area contributed by atoms with Gasteiger partial charge in [-0.1, -0.05) is 0 Å². The standard InChI is InChI=1S/C13H15NO2/c1-14(2)11-5-6-12-9(7-11)3-4-10(8-15)13(12)16/h5-8,15H,3-4H2,1-2H3/b10-8+. The first kappa shape index (κ1) is 10.7. The van der Waals surface area contributed by atoms with Crippen LogP contribution in [-0.4, -0.2) is 25.0 Å². The summed E-state index contributed by atoms with van der Waals surface area (Å²) in [4.78, 5) is 13.9. The largest absolute Gasteiger partial charge is 0.515 e. The van der Waals surface area contributed by atoms with Crippen molar-refractivity contribution in [2.24, 2.45) is 0 Å². The Bertz CT molecular complexity index is 461. The summed E-state index contributed by atoms with van der Waals surface area (Å²) in [5.41, 5.74) is 3.40. The Morgan fingerprint density at radius 2 is 2.06 bits per heavy atom. The molecule has 0 aliphatic heterocycles. The fraction of sp³-hybridized carbons (Fsp3) is 0.308. The van der Waals surface area contributed by atoms with Crippen molar-refractivity contribution in [3.8, 4) is 0 Å². The molecule has 84 valence electrons. The number of aliphatic hydroxyl groups is 1. The van der Waals surface area contributed by atoms with Crippen LogP contribution in [0.25, 0.3) is 0 Å². The summed E-state index contributed by atoms with van der Waals surface area (Å²) in [7, 11) is 3.96. The molecule has 0 amide bonds. The van der Waals surface area contributed by atoms with Gasteiger partial charge in [-0.05, 0) is 36.6 Å². The quantitative estimate of drug-likeness (QED) is 0.579. The summed E-state index contributed by atoms with van der Waals surface area (Å²) < 4.78 is 0. The zero-order valence-electron chi connectivity index (χ0n) is 9.53. The number of hydrogen-bond acceptors (Lipinski definition) is 3. The summed E-state index contributed by atoms with van der Waals surface area (Å²) in [6, 6.07) is 5.81. The van der Waals surface area contributed by atoms with Crippen molar-refractivity contribution in [2.75, 3.05) is 19.0 Å². The van der Waals surface area contributed by atoms with Crippen LogP contribution in [0.3, 0.4) is 0 Å². The first-order chi connectivity index (χ1) is 7.63. The third kappa shape index (κ3) is 1.69. The summed E-state index contributed by atoms with van der Waals surface area (Å²) in [6.45, 7) is 0. The summed E-state index contributed by atoms with van der Waals surface area (Å²) in [5, 5.41) is 8.94. The Morgan fingerprint density at radius 1 is 1.31 bits per heavy atom. The molecule has 0 heterocycles. The molecule has 1 aromatic rings. The fourth-order valence-electron chi connectivity index (χ4n) is 1.97. The van der Waals surface area contributed by atoms with Gasteiger partial charge in [0.15, 0.2) is 5.78 Å². The molecule has 3 heteroatoms. The molecule has 1 aliphatic rings. The number of benzene rings is 1. The molecule has 0 radical (unpaired) electrons. The average Bonchev–Trinajstić information content (AvgIpc) is 2.29. The molecule has 0 spiro atoms. The second kappa shape index (κ2) is 4.00. The summed E-state index contributed by atoms with van der Waals surface area (Å²) in [5.74, 6) is -0.0472. The molecule has 1 aliphatic carbocycles. The number of nitrogens with zero attached hydrogens (tertiary/aromatic N) is 1. The molecule has 0 aromatic heterocycles. The topological polar surface area (TPSA) is 40.5 Å². The number of aryl methyl sites for hydroxylation is 1. The van der Waals surface area contributed by atoms with Gasteiger partial charge in [0.1, 0.15) is 0 Å². The van der Waals surface area contributed by atoms with Crippen LogP contribution >= 0.6 is 0 Å². The van der Waals surface area contributed by atoms with Gasteiger partial charge in [-0.25, -0.2) is 0 Å². The third-order valence-electron chi connectivity index (χ3n) is 2.96. The molecule has 2 rings (SSSR count). The highest BCUT2D eigenvalue weighted by Crippen LogP contribution is 2.27. The molecule has 3 nitrogen and oxygen atoms in total. The maximum Gasteiger partial charge on any atom is 0.192 e. The highest BCUT2D eigenvalue weighted by atomic mass is 16.2. The SMILES string of the molecule is CN(C)c1ccc2c(c1)CC/C(=C\O)C2=O. The van der Waals surface area contributed by atoms with Gasteiger partial charge < -0.3 is 10.0 Å². The van der Waals surface area contributed by atoms with E-state index in [9.17, 15) is 4.79 Å². The monoisotopic (exact) mass is 217 g/mol. The number of aliphatic hydroxyl groups excluding tert-OH is 1. The third-order valence-corrected chi connectivity index (χ3v) is 2.96. The van der Waals surface area contributed by atoms with Crippen LogP contribution in [0.4, 0.5) is 5.69 Å². The fourth-order valence-corrected chi connectivity index (χ4v) is 1.97. The maximum absolute atomic E-state index is 11.9. The van der Waals surface area contributed by atoms with E-state index in [1.165, 1.54) is 0 Å². The number of carbonyl (C=O) groups excluding carboxylic acids is 1. The van der Waals surface area contributed by atoms with E-state index in [2.05, 4.69) is 0 Å². The van der Waals surface area contributed by atoms with Gasteiger partial charge in [-0.15, -0.1) is 0 Å². The first-order valence-corrected chi connectivity index (χ1v) is 5.31. The van der Waals surface area contributed by atoms with Crippen LogP contribution in [0.15, 0.2) is 30.0 Å². The van der Waals surface area contributed by atoms with Crippen molar-refractivity contribution in [3.05, 3.63) is 41.2 Å². The van der Waals surface area contributed by atoms with E-state index in [1.54, 1.807) is 0 Å². The van der Waals surface area contributed by atoms with Crippen LogP contribution in [0.2, 0.25) is 0 Å². The molecular weight excluding hydrogens is 202 g/mol. The first-order valence-electron chi connectivity index (χ1n) is 5.31. The number of carbonyl (C=O) groups is 1. The predicted octanol–water partition coefficient (Wildman–Crippen LogP) is 2.32. The number of ketones is 1. The number of allylic oxidation sites excluding steroid dienone is 1. The van der Waals surface area contributed by atoms with Crippen LogP contribution in [0.1, 0.15) is 22.3 Å². The lowest BCUT2D eigenvalue weighted by molar-refractivity contribution is 0.102. The van der Waals surface area contributed by atoms with E-state index in [4.69, 9.17) is 5.11 Å². The lowest BCUT2D eigenvalue weighted by Gasteiger charge is -2.20. The normalized spacial score (nSPS) is 17.4. The zero-order chi connectivity index (χ0) is 11.7. The number of fused-ring (bicyclic) bond motifs is 1. The summed E-state index contributed by atoms with van der Waals surface area (Å²) in [6.07, 6.45) is 2.37. The maximum atomic E-state index is 11.9. The van der Waals surface area contributed by atoms with E-state index in [0.29, 0.717) is 12.0 Å². The molecule has 0 fully saturated rings. The lowest BCUT2D eigenvalue weighted by atomic mass is 9.87. The van der Waals surface area contributed by atoms with Gasteiger partial charge in [0.2, 0.25) is 0 Å². The van der Waals surface area contributed by atoms with Crippen molar-refractivity contribution in [1.29, 1.82) is 0 Å². The Morgan fingerprint density at radius 3 is 2.69 bits per heavy atom. The van der Waals surface area contributed by atoms with Gasteiger partial charge >= 0.3 is 0 Å². The Kier molecular flexibility index (Phi) is 2.69. The number of Topliss-reactive ketones (excluding diaryl/α,β-unsaturated/α-hetero) is 1. The van der Waals surface area contributed by atoms with E-state index < -0.39 is 0 Å². The molecule has 1 N–H and O–H groups in total. The minimum atomic E-state index is -0.0472. The minimum absolute atomic E-state index is 0.0472. The minimum Gasteiger partial charge on any atom is -0.515 e. The number of anilines is 1. The van der Waals surface area contributed by atoms with Crippen LogP contribution in [0, 0.1) is 0 Å². The van der Waals surface area contributed by atoms with Crippen molar-refractivity contribution in [2.45, 2.75) is 12.8 Å². The van der Waals surface area contributed by atoms with E-state index in [0.717, 1.165) is 29.5 Å². The van der Waals surface area contributed by atoms with Crippen molar-refractivity contribution in [1.82, 2.24) is 0 Å². The number of hydrogen-bond donors (Lipinski definition) is 1. The van der Waals surface area contributed by atoms with Crippen LogP contribution < -0.4 is 4.90 Å². The highest BCUT2D eigenvalue weighted by Gasteiger charge is 2.22. The average molecular weight is 217 g/mol. The summed E-state index contributed by atoms with van der Waals surface area (Å²) >= 11 is 0. The van der Waals surface area contributed by atoms with E-state index >= 15 is 0 Å². The molecule has 0 bridgehead atoms. The van der Waals surface area contributed by atoms with Gasteiger partial charge in [0, 0.05) is 30.9 Å². The number of rotatable bonds is 1. The van der Waals surface area contributed by atoms with Gasteiger partial charge in [-0.3, -0.25) is 4.79 Å². The van der Waals surface area contributed by atoms with Crippen LogP contribution in [0.5, 0.6) is 0 Å². The van der Waals surface area contributed by atoms with E-state index in [1.807, 2.05) is 37.2 Å². The Labute approximate surface area is 95.0 Å². The van der Waals surface area contributed by atoms with E-state index in [-0.39, 0.29) is 5.78 Å². The molecule has 0 atom stereocenters. The molecule has 16 heavy (non-hydrogen) atoms. The van der Waals surface area contributed by atoms with Crippen LogP contribution in [-0.2, 0) is 6.42 Å². The van der Waals surface area contributed by atoms with Gasteiger partial charge in [0.25, 0.3) is 0 Å². The Balaban J connectivity index is 2.45. The smallest absolute Gasteiger partial charge is 0.192 e. The van der Waals surface area contributed by atoms with Crippen molar-refractivity contribution < 1.29 is 9.90 Å². The van der Waals surface area contributed by atoms with Crippen molar-refractivity contribution in [3.63, 3.8) is 0 Å². The lowest BCUT2D eigenvalue weighted by Crippen LogP contribution is -2.16. The molecule has 1 aromatic carbocycles. The molecule has 0 saturated carbocycles. The van der Waals surface area contributed by atoms with Gasteiger partial charge in [-0.2, -0.15) is 0 Å².